The van der Waals surface area contributed by atoms with E-state index in [1.54, 1.807) is 0 Å². The Morgan fingerprint density at radius 2 is 2.00 bits per heavy atom. The molecule has 0 aromatic rings. The van der Waals surface area contributed by atoms with E-state index in [1.165, 1.54) is 32.1 Å². The predicted molar refractivity (Wildman–Crippen MR) is 44.4 cm³/mol. The van der Waals surface area contributed by atoms with Crippen LogP contribution in [-0.2, 0) is 0 Å². The number of hydrogen-bond donors (Lipinski definition) is 2. The standard InChI is InChI=1S/C9H17NO/c11-6-9(7-2-1-3-7)10-8-4-5-8/h7-11H,1-6H2. The van der Waals surface area contributed by atoms with Crippen LogP contribution in [0.2, 0.25) is 0 Å². The molecule has 0 saturated heterocycles. The fraction of sp³-hybridized carbons (Fsp3) is 1.00. The van der Waals surface area contributed by atoms with Gasteiger partial charge in [-0.05, 0) is 31.6 Å². The largest absolute Gasteiger partial charge is 0.395 e. The first-order chi connectivity index (χ1) is 5.40. The second-order valence-electron chi connectivity index (χ2n) is 3.92. The van der Waals surface area contributed by atoms with Crippen molar-refractivity contribution in [3.63, 3.8) is 0 Å². The Kier molecular flexibility index (Phi) is 2.14. The molecule has 2 rings (SSSR count). The summed E-state index contributed by atoms with van der Waals surface area (Å²) >= 11 is 0. The lowest BCUT2D eigenvalue weighted by Crippen LogP contribution is -2.43. The monoisotopic (exact) mass is 155 g/mol. The van der Waals surface area contributed by atoms with Gasteiger partial charge in [0.05, 0.1) is 6.61 Å². The summed E-state index contributed by atoms with van der Waals surface area (Å²) < 4.78 is 0. The van der Waals surface area contributed by atoms with Gasteiger partial charge in [-0.2, -0.15) is 0 Å². The van der Waals surface area contributed by atoms with Crippen molar-refractivity contribution in [1.82, 2.24) is 5.32 Å². The summed E-state index contributed by atoms with van der Waals surface area (Å²) in [7, 11) is 0. The highest BCUT2D eigenvalue weighted by Crippen LogP contribution is 2.31. The van der Waals surface area contributed by atoms with Gasteiger partial charge in [-0.1, -0.05) is 6.42 Å². The summed E-state index contributed by atoms with van der Waals surface area (Å²) in [6, 6.07) is 1.16. The zero-order chi connectivity index (χ0) is 7.68. The van der Waals surface area contributed by atoms with Crippen LogP contribution in [0.3, 0.4) is 0 Å². The van der Waals surface area contributed by atoms with Gasteiger partial charge in [0.15, 0.2) is 0 Å². The highest BCUT2D eigenvalue weighted by atomic mass is 16.3. The van der Waals surface area contributed by atoms with E-state index in [4.69, 9.17) is 5.11 Å². The van der Waals surface area contributed by atoms with Gasteiger partial charge >= 0.3 is 0 Å². The normalized spacial score (nSPS) is 28.1. The second-order valence-corrected chi connectivity index (χ2v) is 3.92. The van der Waals surface area contributed by atoms with Gasteiger partial charge in [0.25, 0.3) is 0 Å². The average molecular weight is 155 g/mol. The molecular weight excluding hydrogens is 138 g/mol. The molecule has 0 bridgehead atoms. The summed E-state index contributed by atoms with van der Waals surface area (Å²) in [5.41, 5.74) is 0. The highest BCUT2D eigenvalue weighted by molar-refractivity contribution is 4.89. The molecule has 0 amide bonds. The molecule has 0 aliphatic heterocycles. The summed E-state index contributed by atoms with van der Waals surface area (Å²) in [4.78, 5) is 0. The topological polar surface area (TPSA) is 32.3 Å². The van der Waals surface area contributed by atoms with Crippen molar-refractivity contribution < 1.29 is 5.11 Å². The molecule has 0 heterocycles. The fourth-order valence-electron chi connectivity index (χ4n) is 1.73. The summed E-state index contributed by atoms with van der Waals surface area (Å²) in [6.45, 7) is 0.334. The zero-order valence-electron chi connectivity index (χ0n) is 6.92. The summed E-state index contributed by atoms with van der Waals surface area (Å²) in [5, 5.41) is 12.6. The molecular formula is C9H17NO. The van der Waals surface area contributed by atoms with Crippen LogP contribution in [-0.4, -0.2) is 23.8 Å². The predicted octanol–water partition coefficient (Wildman–Crippen LogP) is 0.899. The van der Waals surface area contributed by atoms with E-state index in [0.29, 0.717) is 12.6 Å². The Balaban J connectivity index is 1.74. The maximum atomic E-state index is 9.08. The number of aliphatic hydroxyl groups is 1. The van der Waals surface area contributed by atoms with Crippen LogP contribution >= 0.6 is 0 Å². The Labute approximate surface area is 68.0 Å². The van der Waals surface area contributed by atoms with Crippen molar-refractivity contribution in [2.24, 2.45) is 5.92 Å². The van der Waals surface area contributed by atoms with Crippen molar-refractivity contribution in [2.75, 3.05) is 6.61 Å². The van der Waals surface area contributed by atoms with E-state index < -0.39 is 0 Å². The van der Waals surface area contributed by atoms with Gasteiger partial charge in [-0.15, -0.1) is 0 Å². The minimum Gasteiger partial charge on any atom is -0.395 e. The fourth-order valence-corrected chi connectivity index (χ4v) is 1.73. The number of hydrogen-bond acceptors (Lipinski definition) is 2. The van der Waals surface area contributed by atoms with E-state index in [0.717, 1.165) is 12.0 Å². The molecule has 0 aromatic heterocycles. The SMILES string of the molecule is OCC(NC1CC1)C1CCC1. The van der Waals surface area contributed by atoms with Gasteiger partial charge in [-0.25, -0.2) is 0 Å². The Bertz CT molecular complexity index is 130. The van der Waals surface area contributed by atoms with E-state index >= 15 is 0 Å². The first-order valence-corrected chi connectivity index (χ1v) is 4.77. The highest BCUT2D eigenvalue weighted by Gasteiger charge is 2.31. The third-order valence-electron chi connectivity index (χ3n) is 2.94. The molecule has 2 saturated carbocycles. The minimum absolute atomic E-state index is 0.334. The van der Waals surface area contributed by atoms with Gasteiger partial charge in [0.2, 0.25) is 0 Å². The minimum atomic E-state index is 0.334. The van der Waals surface area contributed by atoms with Crippen molar-refractivity contribution in [1.29, 1.82) is 0 Å². The van der Waals surface area contributed by atoms with Crippen LogP contribution in [0.15, 0.2) is 0 Å². The molecule has 64 valence electrons. The molecule has 0 spiro atoms. The number of aliphatic hydroxyl groups excluding tert-OH is 1. The first kappa shape index (κ1) is 7.56. The van der Waals surface area contributed by atoms with Gasteiger partial charge in [-0.3, -0.25) is 0 Å². The molecule has 2 aliphatic carbocycles. The molecule has 0 radical (unpaired) electrons. The Hall–Kier alpha value is -0.0800. The lowest BCUT2D eigenvalue weighted by atomic mass is 9.80. The second kappa shape index (κ2) is 3.11. The Morgan fingerprint density at radius 3 is 2.36 bits per heavy atom. The molecule has 2 heteroatoms. The Morgan fingerprint density at radius 1 is 1.27 bits per heavy atom. The first-order valence-electron chi connectivity index (χ1n) is 4.77. The van der Waals surface area contributed by atoms with Crippen LogP contribution in [0.4, 0.5) is 0 Å². The summed E-state index contributed by atoms with van der Waals surface area (Å²) in [5.74, 6) is 0.778. The molecule has 2 aliphatic rings. The van der Waals surface area contributed by atoms with E-state index in [1.807, 2.05) is 0 Å². The number of nitrogens with one attached hydrogen (secondary N) is 1. The average Bonchev–Trinajstić information content (AvgIpc) is 2.66. The molecule has 11 heavy (non-hydrogen) atoms. The van der Waals surface area contributed by atoms with Crippen molar-refractivity contribution in [3.8, 4) is 0 Å². The molecule has 1 unspecified atom stereocenters. The molecule has 2 N–H and O–H groups in total. The van der Waals surface area contributed by atoms with Crippen molar-refractivity contribution >= 4 is 0 Å². The van der Waals surface area contributed by atoms with Crippen molar-refractivity contribution in [3.05, 3.63) is 0 Å². The van der Waals surface area contributed by atoms with Crippen LogP contribution in [0.5, 0.6) is 0 Å². The molecule has 0 aromatic carbocycles. The zero-order valence-corrected chi connectivity index (χ0v) is 6.92. The molecule has 2 nitrogen and oxygen atoms in total. The van der Waals surface area contributed by atoms with Crippen molar-refractivity contribution in [2.45, 2.75) is 44.2 Å². The lowest BCUT2D eigenvalue weighted by Gasteiger charge is -2.33. The van der Waals surface area contributed by atoms with Crippen LogP contribution in [0.1, 0.15) is 32.1 Å². The van der Waals surface area contributed by atoms with Crippen LogP contribution in [0.25, 0.3) is 0 Å². The van der Waals surface area contributed by atoms with Crippen LogP contribution < -0.4 is 5.32 Å². The maximum Gasteiger partial charge on any atom is 0.0587 e. The van der Waals surface area contributed by atoms with Gasteiger partial charge in [0, 0.05) is 12.1 Å². The molecule has 1 atom stereocenters. The van der Waals surface area contributed by atoms with E-state index in [9.17, 15) is 0 Å². The maximum absolute atomic E-state index is 9.08. The van der Waals surface area contributed by atoms with Gasteiger partial charge in [0.1, 0.15) is 0 Å². The summed E-state index contributed by atoms with van der Waals surface area (Å²) in [6.07, 6.45) is 6.66. The number of rotatable bonds is 4. The lowest BCUT2D eigenvalue weighted by molar-refractivity contribution is 0.148. The van der Waals surface area contributed by atoms with E-state index in [2.05, 4.69) is 5.32 Å². The third-order valence-corrected chi connectivity index (χ3v) is 2.94. The van der Waals surface area contributed by atoms with E-state index in [-0.39, 0.29) is 0 Å². The smallest absolute Gasteiger partial charge is 0.0587 e. The quantitative estimate of drug-likeness (QED) is 0.632. The van der Waals surface area contributed by atoms with Crippen LogP contribution in [0, 0.1) is 5.92 Å². The van der Waals surface area contributed by atoms with Gasteiger partial charge < -0.3 is 10.4 Å². The molecule has 2 fully saturated rings. The third kappa shape index (κ3) is 1.74.